The third kappa shape index (κ3) is 4.03. The fourth-order valence-electron chi connectivity index (χ4n) is 2.39. The Morgan fingerprint density at radius 3 is 2.53 bits per heavy atom. The number of aliphatic hydroxyl groups is 1. The van der Waals surface area contributed by atoms with Crippen molar-refractivity contribution in [3.8, 4) is 0 Å². The van der Waals surface area contributed by atoms with Crippen LogP contribution in [0.5, 0.6) is 0 Å². The van der Waals surface area contributed by atoms with Crippen LogP contribution >= 0.6 is 0 Å². The van der Waals surface area contributed by atoms with Gasteiger partial charge >= 0.3 is 0 Å². The minimum Gasteiger partial charge on any atom is -0.388 e. The molecule has 5 heteroatoms. The van der Waals surface area contributed by atoms with E-state index in [0.29, 0.717) is 19.5 Å². The van der Waals surface area contributed by atoms with Crippen molar-refractivity contribution in [1.82, 2.24) is 4.90 Å². The first-order chi connectivity index (χ1) is 8.98. The highest BCUT2D eigenvalue weighted by molar-refractivity contribution is 7.91. The first kappa shape index (κ1) is 14.5. The maximum absolute atomic E-state index is 11.3. The van der Waals surface area contributed by atoms with Crippen LogP contribution in [-0.4, -0.2) is 49.6 Å². The molecule has 1 heterocycles. The normalized spacial score (nSPS) is 21.2. The molecule has 0 aliphatic carbocycles. The number of benzene rings is 1. The van der Waals surface area contributed by atoms with Crippen molar-refractivity contribution < 1.29 is 13.5 Å². The van der Waals surface area contributed by atoms with E-state index in [9.17, 15) is 13.5 Å². The first-order valence-corrected chi connectivity index (χ1v) is 8.46. The van der Waals surface area contributed by atoms with E-state index in [-0.39, 0.29) is 11.5 Å². The van der Waals surface area contributed by atoms with Crippen LogP contribution in [0.3, 0.4) is 0 Å². The van der Waals surface area contributed by atoms with Crippen molar-refractivity contribution in [2.24, 2.45) is 0 Å². The summed E-state index contributed by atoms with van der Waals surface area (Å²) in [6, 6.07) is 7.83. The Bertz CT molecular complexity index is 513. The lowest BCUT2D eigenvalue weighted by Gasteiger charge is -2.27. The van der Waals surface area contributed by atoms with Crippen LogP contribution in [0.1, 0.15) is 23.7 Å². The van der Waals surface area contributed by atoms with E-state index in [2.05, 4.69) is 4.90 Å². The average molecular weight is 283 g/mol. The predicted octanol–water partition coefficient (Wildman–Crippen LogP) is 1.15. The zero-order chi connectivity index (χ0) is 13.9. The maximum Gasteiger partial charge on any atom is 0.152 e. The van der Waals surface area contributed by atoms with Crippen molar-refractivity contribution >= 4 is 9.84 Å². The molecule has 4 nitrogen and oxygen atoms in total. The average Bonchev–Trinajstić information content (AvgIpc) is 2.38. The molecule has 1 atom stereocenters. The Morgan fingerprint density at radius 1 is 1.26 bits per heavy atom. The number of aryl methyl sites for hydroxylation is 1. The molecule has 106 valence electrons. The summed E-state index contributed by atoms with van der Waals surface area (Å²) < 4.78 is 22.6. The summed E-state index contributed by atoms with van der Waals surface area (Å²) in [6.45, 7) is 3.91. The zero-order valence-electron chi connectivity index (χ0n) is 11.2. The molecule has 0 amide bonds. The fourth-order valence-corrected chi connectivity index (χ4v) is 3.67. The topological polar surface area (TPSA) is 57.6 Å². The maximum atomic E-state index is 11.3. The quantitative estimate of drug-likeness (QED) is 0.900. The largest absolute Gasteiger partial charge is 0.388 e. The lowest BCUT2D eigenvalue weighted by molar-refractivity contribution is 0.144. The van der Waals surface area contributed by atoms with Gasteiger partial charge in [0.05, 0.1) is 17.6 Å². The van der Waals surface area contributed by atoms with Gasteiger partial charge in [-0.2, -0.15) is 0 Å². The van der Waals surface area contributed by atoms with Gasteiger partial charge in [-0.05, 0) is 24.5 Å². The van der Waals surface area contributed by atoms with E-state index >= 15 is 0 Å². The molecule has 0 radical (unpaired) electrons. The number of aliphatic hydroxyl groups excluding tert-OH is 1. The monoisotopic (exact) mass is 283 g/mol. The summed E-state index contributed by atoms with van der Waals surface area (Å²) in [7, 11) is -2.82. The number of sulfone groups is 1. The zero-order valence-corrected chi connectivity index (χ0v) is 12.1. The number of hydrogen-bond acceptors (Lipinski definition) is 4. The van der Waals surface area contributed by atoms with E-state index < -0.39 is 15.9 Å². The summed E-state index contributed by atoms with van der Waals surface area (Å²) in [4.78, 5) is 2.11. The number of rotatable bonds is 4. The standard InChI is InChI=1S/C14H21NO3S/c1-12-4-2-3-5-13(12)14(16)6-7-15-8-10-19(17,18)11-9-15/h2-5,14,16H,6-11H2,1H3. The Kier molecular flexibility index (Phi) is 4.60. The molecule has 1 N–H and O–H groups in total. The molecule has 2 rings (SSSR count). The lowest BCUT2D eigenvalue weighted by Crippen LogP contribution is -2.40. The lowest BCUT2D eigenvalue weighted by atomic mass is 10.0. The molecule has 0 spiro atoms. The Balaban J connectivity index is 1.85. The molecule has 0 saturated carbocycles. The summed E-state index contributed by atoms with van der Waals surface area (Å²) in [6.07, 6.45) is 0.171. The van der Waals surface area contributed by atoms with Gasteiger partial charge in [0.25, 0.3) is 0 Å². The third-order valence-corrected chi connectivity index (χ3v) is 5.31. The van der Waals surface area contributed by atoms with Gasteiger partial charge in [-0.25, -0.2) is 8.42 Å². The van der Waals surface area contributed by atoms with Crippen LogP contribution < -0.4 is 0 Å². The van der Waals surface area contributed by atoms with Gasteiger partial charge in [0.15, 0.2) is 9.84 Å². The van der Waals surface area contributed by atoms with Crippen molar-refractivity contribution in [2.45, 2.75) is 19.4 Å². The summed E-state index contributed by atoms with van der Waals surface area (Å²) in [5, 5.41) is 10.2. The molecule has 1 unspecified atom stereocenters. The van der Waals surface area contributed by atoms with E-state index in [1.807, 2.05) is 31.2 Å². The van der Waals surface area contributed by atoms with E-state index in [4.69, 9.17) is 0 Å². The van der Waals surface area contributed by atoms with Crippen LogP contribution in [0, 0.1) is 6.92 Å². The van der Waals surface area contributed by atoms with Crippen molar-refractivity contribution in [3.63, 3.8) is 0 Å². The van der Waals surface area contributed by atoms with Crippen LogP contribution in [0.15, 0.2) is 24.3 Å². The molecule has 19 heavy (non-hydrogen) atoms. The van der Waals surface area contributed by atoms with Gasteiger partial charge in [0.1, 0.15) is 0 Å². The summed E-state index contributed by atoms with van der Waals surface area (Å²) in [5.41, 5.74) is 2.06. The first-order valence-electron chi connectivity index (χ1n) is 6.64. The van der Waals surface area contributed by atoms with E-state index in [1.165, 1.54) is 0 Å². The van der Waals surface area contributed by atoms with Gasteiger partial charge in [0, 0.05) is 19.6 Å². The van der Waals surface area contributed by atoms with Crippen molar-refractivity contribution in [3.05, 3.63) is 35.4 Å². The van der Waals surface area contributed by atoms with Crippen molar-refractivity contribution in [2.75, 3.05) is 31.1 Å². The Hall–Kier alpha value is -0.910. The number of hydrogen-bond donors (Lipinski definition) is 1. The minimum absolute atomic E-state index is 0.244. The molecule has 1 aliphatic heterocycles. The van der Waals surface area contributed by atoms with E-state index in [0.717, 1.165) is 17.7 Å². The highest BCUT2D eigenvalue weighted by Gasteiger charge is 2.22. The molecule has 1 fully saturated rings. The van der Waals surface area contributed by atoms with Crippen molar-refractivity contribution in [1.29, 1.82) is 0 Å². The molecular weight excluding hydrogens is 262 g/mol. The second-order valence-corrected chi connectivity index (χ2v) is 7.46. The van der Waals surface area contributed by atoms with E-state index in [1.54, 1.807) is 0 Å². The smallest absolute Gasteiger partial charge is 0.152 e. The van der Waals surface area contributed by atoms with Gasteiger partial charge in [-0.15, -0.1) is 0 Å². The van der Waals surface area contributed by atoms with Crippen LogP contribution in [0.4, 0.5) is 0 Å². The van der Waals surface area contributed by atoms with Crippen LogP contribution in [0.25, 0.3) is 0 Å². The van der Waals surface area contributed by atoms with Crippen LogP contribution in [-0.2, 0) is 9.84 Å². The molecule has 0 aromatic heterocycles. The molecular formula is C14H21NO3S. The molecule has 1 aromatic rings. The van der Waals surface area contributed by atoms with Gasteiger partial charge < -0.3 is 10.0 Å². The van der Waals surface area contributed by atoms with Gasteiger partial charge in [0.2, 0.25) is 0 Å². The molecule has 1 saturated heterocycles. The summed E-state index contributed by atoms with van der Waals surface area (Å²) in [5.74, 6) is 0.487. The molecule has 0 bridgehead atoms. The number of nitrogens with zero attached hydrogens (tertiary/aromatic N) is 1. The third-order valence-electron chi connectivity index (χ3n) is 3.70. The fraction of sp³-hybridized carbons (Fsp3) is 0.571. The second kappa shape index (κ2) is 6.03. The Morgan fingerprint density at radius 2 is 1.89 bits per heavy atom. The predicted molar refractivity (Wildman–Crippen MR) is 75.8 cm³/mol. The minimum atomic E-state index is -2.82. The highest BCUT2D eigenvalue weighted by atomic mass is 32.2. The Labute approximate surface area is 115 Å². The molecule has 1 aromatic carbocycles. The summed E-state index contributed by atoms with van der Waals surface area (Å²) >= 11 is 0. The van der Waals surface area contributed by atoms with Crippen LogP contribution in [0.2, 0.25) is 0 Å². The second-order valence-electron chi connectivity index (χ2n) is 5.15. The highest BCUT2D eigenvalue weighted by Crippen LogP contribution is 2.20. The van der Waals surface area contributed by atoms with Gasteiger partial charge in [-0.1, -0.05) is 24.3 Å². The molecule has 1 aliphatic rings. The van der Waals surface area contributed by atoms with Gasteiger partial charge in [-0.3, -0.25) is 0 Å². The SMILES string of the molecule is Cc1ccccc1C(O)CCN1CCS(=O)(=O)CC1.